The summed E-state index contributed by atoms with van der Waals surface area (Å²) in [6, 6.07) is 6.17. The molecule has 2 heterocycles. The number of aromatic nitrogens is 2. The van der Waals surface area contributed by atoms with Gasteiger partial charge in [0.1, 0.15) is 11.6 Å². The monoisotopic (exact) mass is 410 g/mol. The van der Waals surface area contributed by atoms with E-state index in [1.807, 2.05) is 31.7 Å². The maximum absolute atomic E-state index is 12.5. The van der Waals surface area contributed by atoms with Crippen molar-refractivity contribution < 1.29 is 23.0 Å². The maximum atomic E-state index is 12.5. The third kappa shape index (κ3) is 5.50. The minimum absolute atomic E-state index is 0.0519. The first-order valence-corrected chi connectivity index (χ1v) is 9.53. The van der Waals surface area contributed by atoms with E-state index in [0.717, 1.165) is 16.8 Å². The van der Waals surface area contributed by atoms with E-state index in [-0.39, 0.29) is 24.3 Å². The number of anilines is 2. The Kier molecular flexibility index (Phi) is 6.16. The quantitative estimate of drug-likeness (QED) is 0.754. The molecule has 2 aromatic rings. The highest BCUT2D eigenvalue weighted by Gasteiger charge is 2.31. The fraction of sp³-hybridized carbons (Fsp3) is 0.500. The van der Waals surface area contributed by atoms with Crippen LogP contribution in [0.25, 0.3) is 0 Å². The van der Waals surface area contributed by atoms with Crippen molar-refractivity contribution in [2.24, 2.45) is 0 Å². The third-order valence-electron chi connectivity index (χ3n) is 4.72. The van der Waals surface area contributed by atoms with E-state index in [1.54, 1.807) is 6.07 Å². The Morgan fingerprint density at radius 2 is 1.93 bits per heavy atom. The van der Waals surface area contributed by atoms with E-state index in [1.165, 1.54) is 12.1 Å². The molecule has 9 heteroatoms. The Balaban J connectivity index is 1.87. The summed E-state index contributed by atoms with van der Waals surface area (Å²) in [5.74, 6) is 1.07. The van der Waals surface area contributed by atoms with Gasteiger partial charge in [0, 0.05) is 25.2 Å². The summed E-state index contributed by atoms with van der Waals surface area (Å²) in [5, 5.41) is 12.4. The van der Waals surface area contributed by atoms with Crippen LogP contribution in [-0.4, -0.2) is 40.6 Å². The molecule has 6 nitrogen and oxygen atoms in total. The zero-order valence-corrected chi connectivity index (χ0v) is 16.6. The van der Waals surface area contributed by atoms with Crippen LogP contribution in [0.3, 0.4) is 0 Å². The van der Waals surface area contributed by atoms with Gasteiger partial charge < -0.3 is 20.1 Å². The summed E-state index contributed by atoms with van der Waals surface area (Å²) in [6.45, 7) is 6.94. The number of fused-ring (bicyclic) bond motifs is 1. The standard InChI is InChI=1S/C20H25F3N4O2/c1-12(2)17-9-18(26-19(25-17)24-13(3)11-28)27-7-6-14-4-5-16(8-15(14)10-27)29-20(21,22)23/h4-5,8-9,12-13,28H,6-7,10-11H2,1-3H3,(H,24,25,26)/t13-/m0/s1. The van der Waals surface area contributed by atoms with Crippen molar-refractivity contribution in [1.29, 1.82) is 0 Å². The molecule has 0 radical (unpaired) electrons. The summed E-state index contributed by atoms with van der Waals surface area (Å²) in [4.78, 5) is 11.1. The van der Waals surface area contributed by atoms with E-state index in [2.05, 4.69) is 20.0 Å². The van der Waals surface area contributed by atoms with Gasteiger partial charge in [-0.15, -0.1) is 13.2 Å². The van der Waals surface area contributed by atoms with E-state index < -0.39 is 6.36 Å². The highest BCUT2D eigenvalue weighted by molar-refractivity contribution is 5.50. The number of ether oxygens (including phenoxy) is 1. The molecule has 0 saturated carbocycles. The fourth-order valence-electron chi connectivity index (χ4n) is 3.17. The van der Waals surface area contributed by atoms with Crippen LogP contribution in [0, 0.1) is 0 Å². The average molecular weight is 410 g/mol. The Labute approximate surface area is 167 Å². The zero-order valence-electron chi connectivity index (χ0n) is 16.6. The topological polar surface area (TPSA) is 70.5 Å². The van der Waals surface area contributed by atoms with Crippen LogP contribution in [0.4, 0.5) is 24.9 Å². The number of hydrogen-bond acceptors (Lipinski definition) is 6. The van der Waals surface area contributed by atoms with Gasteiger partial charge in [0.05, 0.1) is 12.3 Å². The summed E-state index contributed by atoms with van der Waals surface area (Å²) < 4.78 is 41.7. The predicted molar refractivity (Wildman–Crippen MR) is 104 cm³/mol. The maximum Gasteiger partial charge on any atom is 0.573 e. The van der Waals surface area contributed by atoms with Crippen LogP contribution in [-0.2, 0) is 13.0 Å². The molecule has 1 aliphatic heterocycles. The van der Waals surface area contributed by atoms with Crippen molar-refractivity contribution >= 4 is 11.8 Å². The lowest BCUT2D eigenvalue weighted by molar-refractivity contribution is -0.274. The Morgan fingerprint density at radius 3 is 2.59 bits per heavy atom. The lowest BCUT2D eigenvalue weighted by Crippen LogP contribution is -2.32. The van der Waals surface area contributed by atoms with Crippen molar-refractivity contribution in [1.82, 2.24) is 9.97 Å². The van der Waals surface area contributed by atoms with Gasteiger partial charge in [-0.3, -0.25) is 0 Å². The van der Waals surface area contributed by atoms with Crippen LogP contribution in [0.15, 0.2) is 24.3 Å². The number of aliphatic hydroxyl groups excluding tert-OH is 1. The first-order valence-electron chi connectivity index (χ1n) is 9.53. The number of benzene rings is 1. The van der Waals surface area contributed by atoms with Crippen molar-refractivity contribution in [3.8, 4) is 5.75 Å². The molecule has 158 valence electrons. The second-order valence-electron chi connectivity index (χ2n) is 7.51. The molecular formula is C20H25F3N4O2. The predicted octanol–water partition coefficient (Wildman–Crippen LogP) is 3.85. The van der Waals surface area contributed by atoms with Gasteiger partial charge in [-0.05, 0) is 42.5 Å². The molecule has 0 bridgehead atoms. The van der Waals surface area contributed by atoms with Gasteiger partial charge in [0.2, 0.25) is 5.95 Å². The van der Waals surface area contributed by atoms with Gasteiger partial charge in [0.25, 0.3) is 0 Å². The first-order chi connectivity index (χ1) is 13.6. The number of nitrogens with one attached hydrogen (secondary N) is 1. The number of alkyl halides is 3. The fourth-order valence-corrected chi connectivity index (χ4v) is 3.17. The Morgan fingerprint density at radius 1 is 1.17 bits per heavy atom. The van der Waals surface area contributed by atoms with Crippen molar-refractivity contribution in [3.63, 3.8) is 0 Å². The molecule has 0 unspecified atom stereocenters. The Hall–Kier alpha value is -2.55. The summed E-state index contributed by atoms with van der Waals surface area (Å²) in [5.41, 5.74) is 2.63. The van der Waals surface area contributed by atoms with E-state index in [9.17, 15) is 18.3 Å². The average Bonchev–Trinajstić information content (AvgIpc) is 2.65. The van der Waals surface area contributed by atoms with Crippen LogP contribution < -0.4 is 15.0 Å². The molecule has 3 rings (SSSR count). The van der Waals surface area contributed by atoms with Crippen LogP contribution >= 0.6 is 0 Å². The summed E-state index contributed by atoms with van der Waals surface area (Å²) in [6.07, 6.45) is -4.02. The van der Waals surface area contributed by atoms with Crippen LogP contribution in [0.5, 0.6) is 5.75 Å². The van der Waals surface area contributed by atoms with Gasteiger partial charge in [0.15, 0.2) is 0 Å². The minimum atomic E-state index is -4.72. The molecule has 1 aliphatic rings. The molecule has 0 amide bonds. The molecule has 1 atom stereocenters. The SMILES string of the molecule is CC(C)c1cc(N2CCc3ccc(OC(F)(F)F)cc3C2)nc(N[C@@H](C)CO)n1. The molecule has 29 heavy (non-hydrogen) atoms. The van der Waals surface area contributed by atoms with Gasteiger partial charge >= 0.3 is 6.36 Å². The molecule has 0 saturated heterocycles. The molecule has 0 aliphatic carbocycles. The van der Waals surface area contributed by atoms with Crippen LogP contribution in [0.2, 0.25) is 0 Å². The normalized spacial score (nSPS) is 15.2. The summed E-state index contributed by atoms with van der Waals surface area (Å²) >= 11 is 0. The van der Waals surface area contributed by atoms with Gasteiger partial charge in [-0.1, -0.05) is 19.9 Å². The smallest absolute Gasteiger partial charge is 0.406 e. The van der Waals surface area contributed by atoms with Gasteiger partial charge in [-0.25, -0.2) is 4.98 Å². The number of aliphatic hydroxyl groups is 1. The van der Waals surface area contributed by atoms with E-state index in [4.69, 9.17) is 0 Å². The third-order valence-corrected chi connectivity index (χ3v) is 4.72. The van der Waals surface area contributed by atoms with Crippen LogP contribution in [0.1, 0.15) is 43.5 Å². The van der Waals surface area contributed by atoms with E-state index in [0.29, 0.717) is 31.3 Å². The first kappa shape index (κ1) is 21.2. The Bertz CT molecular complexity index is 858. The molecule has 0 spiro atoms. The van der Waals surface area contributed by atoms with Crippen molar-refractivity contribution in [3.05, 3.63) is 41.1 Å². The second-order valence-corrected chi connectivity index (χ2v) is 7.51. The molecule has 1 aromatic heterocycles. The highest BCUT2D eigenvalue weighted by atomic mass is 19.4. The minimum Gasteiger partial charge on any atom is -0.406 e. The zero-order chi connectivity index (χ0) is 21.2. The lowest BCUT2D eigenvalue weighted by atomic mass is 9.99. The largest absolute Gasteiger partial charge is 0.573 e. The highest BCUT2D eigenvalue weighted by Crippen LogP contribution is 2.30. The number of rotatable bonds is 6. The van der Waals surface area contributed by atoms with E-state index >= 15 is 0 Å². The number of halogens is 3. The molecular weight excluding hydrogens is 385 g/mol. The summed E-state index contributed by atoms with van der Waals surface area (Å²) in [7, 11) is 0. The van der Waals surface area contributed by atoms with Crippen molar-refractivity contribution in [2.75, 3.05) is 23.4 Å². The number of nitrogens with zero attached hydrogens (tertiary/aromatic N) is 3. The lowest BCUT2D eigenvalue weighted by Gasteiger charge is -2.31. The number of hydrogen-bond donors (Lipinski definition) is 2. The molecule has 1 aromatic carbocycles. The molecule has 2 N–H and O–H groups in total. The molecule has 0 fully saturated rings. The second kappa shape index (κ2) is 8.44. The van der Waals surface area contributed by atoms with Crippen molar-refractivity contribution in [2.45, 2.75) is 52.1 Å². The van der Waals surface area contributed by atoms with Gasteiger partial charge in [-0.2, -0.15) is 4.98 Å².